The van der Waals surface area contributed by atoms with E-state index in [0.29, 0.717) is 17.8 Å². The molecular formula is C29H27FN2O3S. The van der Waals surface area contributed by atoms with E-state index in [2.05, 4.69) is 0 Å². The highest BCUT2D eigenvalue weighted by Gasteiger charge is 2.25. The second-order valence-corrected chi connectivity index (χ2v) is 10.5. The molecule has 0 atom stereocenters. The second kappa shape index (κ2) is 11.3. The van der Waals surface area contributed by atoms with Crippen molar-refractivity contribution in [1.29, 1.82) is 0 Å². The van der Waals surface area contributed by atoms with Gasteiger partial charge in [-0.15, -0.1) is 0 Å². The number of halogens is 1. The molecule has 36 heavy (non-hydrogen) atoms. The van der Waals surface area contributed by atoms with Crippen LogP contribution in [0.15, 0.2) is 108 Å². The van der Waals surface area contributed by atoms with Crippen LogP contribution in [-0.2, 0) is 34.5 Å². The Morgan fingerprint density at radius 3 is 1.75 bits per heavy atom. The van der Waals surface area contributed by atoms with E-state index in [-0.39, 0.29) is 23.8 Å². The average Bonchev–Trinajstić information content (AvgIpc) is 2.90. The van der Waals surface area contributed by atoms with E-state index in [9.17, 15) is 17.6 Å². The SMILES string of the molecule is Cc1ccc(CN(C=O)c2ccc(CN(Cc3ccc(F)cc3)S(=O)(=O)c3ccccc3)cc2)cc1. The van der Waals surface area contributed by atoms with Gasteiger partial charge in [0.05, 0.1) is 11.4 Å². The Bertz CT molecular complexity index is 1390. The number of carbonyl (C=O) groups excluding carboxylic acids is 1. The Morgan fingerprint density at radius 2 is 1.19 bits per heavy atom. The Morgan fingerprint density at radius 1 is 0.694 bits per heavy atom. The molecule has 7 heteroatoms. The van der Waals surface area contributed by atoms with Crippen molar-refractivity contribution in [3.63, 3.8) is 0 Å². The molecule has 0 unspecified atom stereocenters. The molecule has 4 aromatic rings. The lowest BCUT2D eigenvalue weighted by Crippen LogP contribution is -2.30. The molecule has 0 aliphatic carbocycles. The maximum atomic E-state index is 13.5. The molecule has 4 rings (SSSR count). The van der Waals surface area contributed by atoms with Gasteiger partial charge in [0.1, 0.15) is 5.82 Å². The monoisotopic (exact) mass is 502 g/mol. The molecule has 4 aromatic carbocycles. The summed E-state index contributed by atoms with van der Waals surface area (Å²) in [4.78, 5) is 13.6. The van der Waals surface area contributed by atoms with E-state index in [0.717, 1.165) is 23.1 Å². The van der Waals surface area contributed by atoms with Crippen molar-refractivity contribution in [2.24, 2.45) is 0 Å². The van der Waals surface area contributed by atoms with Crippen molar-refractivity contribution in [3.05, 3.63) is 131 Å². The number of aryl methyl sites for hydroxylation is 1. The van der Waals surface area contributed by atoms with Gasteiger partial charge in [-0.3, -0.25) is 4.79 Å². The standard InChI is InChI=1S/C29H27FN2O3S/c1-23-7-9-24(10-8-23)19-31(22-33)28-17-13-26(14-18-28)21-32(20-25-11-15-27(30)16-12-25)36(34,35)29-5-3-2-4-6-29/h2-18,22H,19-21H2,1H3. The third-order valence-corrected chi connectivity index (χ3v) is 7.69. The zero-order chi connectivity index (χ0) is 25.5. The molecule has 0 aliphatic rings. The third-order valence-electron chi connectivity index (χ3n) is 5.88. The number of carbonyl (C=O) groups is 1. The van der Waals surface area contributed by atoms with Crippen LogP contribution in [0.25, 0.3) is 0 Å². The summed E-state index contributed by atoms with van der Waals surface area (Å²) in [5.74, 6) is -0.378. The van der Waals surface area contributed by atoms with Crippen LogP contribution in [0.5, 0.6) is 0 Å². The summed E-state index contributed by atoms with van der Waals surface area (Å²) in [6, 6.07) is 29.3. The summed E-state index contributed by atoms with van der Waals surface area (Å²) in [6.45, 7) is 2.65. The summed E-state index contributed by atoms with van der Waals surface area (Å²) < 4.78 is 41.7. The van der Waals surface area contributed by atoms with E-state index in [4.69, 9.17) is 0 Å². The fourth-order valence-corrected chi connectivity index (χ4v) is 5.27. The number of rotatable bonds is 10. The molecule has 0 heterocycles. The van der Waals surface area contributed by atoms with Crippen LogP contribution in [0.1, 0.15) is 22.3 Å². The van der Waals surface area contributed by atoms with E-state index < -0.39 is 10.0 Å². The van der Waals surface area contributed by atoms with Gasteiger partial charge >= 0.3 is 0 Å². The molecule has 184 valence electrons. The van der Waals surface area contributed by atoms with Gasteiger partial charge in [0.2, 0.25) is 16.4 Å². The summed E-state index contributed by atoms with van der Waals surface area (Å²) in [7, 11) is -3.81. The van der Waals surface area contributed by atoms with Crippen molar-refractivity contribution in [2.75, 3.05) is 4.90 Å². The number of amides is 1. The molecule has 0 aliphatic heterocycles. The van der Waals surface area contributed by atoms with Crippen LogP contribution >= 0.6 is 0 Å². The number of hydrogen-bond acceptors (Lipinski definition) is 3. The van der Waals surface area contributed by atoms with Crippen LogP contribution in [0.2, 0.25) is 0 Å². The van der Waals surface area contributed by atoms with Gasteiger partial charge in [0, 0.05) is 18.8 Å². The number of sulfonamides is 1. The topological polar surface area (TPSA) is 57.7 Å². The summed E-state index contributed by atoms with van der Waals surface area (Å²) in [5, 5.41) is 0. The van der Waals surface area contributed by atoms with Gasteiger partial charge < -0.3 is 4.90 Å². The van der Waals surface area contributed by atoms with Gasteiger partial charge in [0.15, 0.2) is 0 Å². The molecule has 0 aromatic heterocycles. The average molecular weight is 503 g/mol. The molecule has 0 radical (unpaired) electrons. The minimum absolute atomic E-state index is 0.0904. The Balaban J connectivity index is 1.56. The Hall–Kier alpha value is -3.81. The van der Waals surface area contributed by atoms with E-state index in [1.165, 1.54) is 16.4 Å². The molecule has 0 N–H and O–H groups in total. The lowest BCUT2D eigenvalue weighted by molar-refractivity contribution is -0.107. The predicted octanol–water partition coefficient (Wildman–Crippen LogP) is 5.69. The van der Waals surface area contributed by atoms with Crippen molar-refractivity contribution in [2.45, 2.75) is 31.5 Å². The zero-order valence-electron chi connectivity index (χ0n) is 19.9. The number of anilines is 1. The van der Waals surface area contributed by atoms with E-state index in [1.807, 2.05) is 55.5 Å². The first-order chi connectivity index (χ1) is 17.3. The largest absolute Gasteiger partial charge is 0.311 e. The maximum absolute atomic E-state index is 13.5. The zero-order valence-corrected chi connectivity index (χ0v) is 20.7. The van der Waals surface area contributed by atoms with Crippen molar-refractivity contribution in [3.8, 4) is 0 Å². The minimum atomic E-state index is -3.81. The van der Waals surface area contributed by atoms with Crippen LogP contribution in [0.3, 0.4) is 0 Å². The normalized spacial score (nSPS) is 11.4. The van der Waals surface area contributed by atoms with Crippen LogP contribution in [0.4, 0.5) is 10.1 Å². The quantitative estimate of drug-likeness (QED) is 0.262. The molecule has 5 nitrogen and oxygen atoms in total. The van der Waals surface area contributed by atoms with E-state index in [1.54, 1.807) is 47.4 Å². The lowest BCUT2D eigenvalue weighted by Gasteiger charge is -2.23. The first kappa shape index (κ1) is 25.3. The third kappa shape index (κ3) is 6.24. The van der Waals surface area contributed by atoms with Gasteiger partial charge in [0.25, 0.3) is 0 Å². The molecule has 0 fully saturated rings. The van der Waals surface area contributed by atoms with Gasteiger partial charge in [-0.2, -0.15) is 4.31 Å². The summed E-state index contributed by atoms with van der Waals surface area (Å²) in [5.41, 5.74) is 4.32. The molecule has 0 spiro atoms. The van der Waals surface area contributed by atoms with Gasteiger partial charge in [-0.05, 0) is 60.0 Å². The molecule has 0 saturated carbocycles. The summed E-state index contributed by atoms with van der Waals surface area (Å²) in [6.07, 6.45) is 0.787. The van der Waals surface area contributed by atoms with Crippen molar-refractivity contribution < 1.29 is 17.6 Å². The molecular weight excluding hydrogens is 475 g/mol. The fraction of sp³-hybridized carbons (Fsp3) is 0.138. The molecule has 0 saturated heterocycles. The number of benzene rings is 4. The highest BCUT2D eigenvalue weighted by Crippen LogP contribution is 2.23. The fourth-order valence-electron chi connectivity index (χ4n) is 3.84. The lowest BCUT2D eigenvalue weighted by atomic mass is 10.1. The molecule has 1 amide bonds. The molecule has 0 bridgehead atoms. The summed E-state index contributed by atoms with van der Waals surface area (Å²) >= 11 is 0. The Labute approximate surface area is 211 Å². The van der Waals surface area contributed by atoms with Crippen molar-refractivity contribution >= 4 is 22.1 Å². The second-order valence-electron chi connectivity index (χ2n) is 8.60. The Kier molecular flexibility index (Phi) is 7.93. The number of hydrogen-bond donors (Lipinski definition) is 0. The van der Waals surface area contributed by atoms with Crippen LogP contribution in [0, 0.1) is 12.7 Å². The smallest absolute Gasteiger partial charge is 0.243 e. The van der Waals surface area contributed by atoms with E-state index >= 15 is 0 Å². The maximum Gasteiger partial charge on any atom is 0.243 e. The highest BCUT2D eigenvalue weighted by atomic mass is 32.2. The van der Waals surface area contributed by atoms with Gasteiger partial charge in [-0.25, -0.2) is 12.8 Å². The minimum Gasteiger partial charge on any atom is -0.311 e. The number of nitrogens with zero attached hydrogens (tertiary/aromatic N) is 2. The van der Waals surface area contributed by atoms with Crippen LogP contribution < -0.4 is 4.90 Å². The first-order valence-corrected chi connectivity index (χ1v) is 13.0. The van der Waals surface area contributed by atoms with Crippen molar-refractivity contribution in [1.82, 2.24) is 4.31 Å². The first-order valence-electron chi connectivity index (χ1n) is 11.5. The van der Waals surface area contributed by atoms with Crippen LogP contribution in [-0.4, -0.2) is 19.1 Å². The van der Waals surface area contributed by atoms with Gasteiger partial charge in [-0.1, -0.05) is 72.3 Å². The predicted molar refractivity (Wildman–Crippen MR) is 139 cm³/mol. The highest BCUT2D eigenvalue weighted by molar-refractivity contribution is 7.89.